The van der Waals surface area contributed by atoms with Gasteiger partial charge >= 0.3 is 6.18 Å². The first-order chi connectivity index (χ1) is 11.5. The van der Waals surface area contributed by atoms with E-state index in [9.17, 15) is 26.4 Å². The summed E-state index contributed by atoms with van der Waals surface area (Å²) in [6, 6.07) is 8.19. The van der Waals surface area contributed by atoms with Crippen molar-refractivity contribution in [2.24, 2.45) is 0 Å². The van der Waals surface area contributed by atoms with E-state index in [1.54, 1.807) is 0 Å². The molecule has 0 spiro atoms. The molecular weight excluding hydrogens is 381 g/mol. The lowest BCUT2D eigenvalue weighted by Crippen LogP contribution is -2.17. The highest BCUT2D eigenvalue weighted by atomic mass is 35.5. The van der Waals surface area contributed by atoms with Crippen LogP contribution >= 0.6 is 11.6 Å². The maximum absolute atomic E-state index is 12.9. The van der Waals surface area contributed by atoms with Crippen LogP contribution in [0.15, 0.2) is 42.5 Å². The molecule has 0 aromatic heterocycles. The highest BCUT2D eigenvalue weighted by molar-refractivity contribution is 7.92. The molecule has 2 aromatic carbocycles. The zero-order valence-corrected chi connectivity index (χ0v) is 14.3. The zero-order valence-electron chi connectivity index (χ0n) is 12.7. The van der Waals surface area contributed by atoms with Crippen LogP contribution in [0.3, 0.4) is 0 Å². The molecule has 0 saturated heterocycles. The molecule has 0 saturated carbocycles. The number of amides is 1. The Labute approximate surface area is 146 Å². The molecule has 0 fully saturated rings. The largest absolute Gasteiger partial charge is 0.418 e. The van der Waals surface area contributed by atoms with Crippen molar-refractivity contribution in [3.05, 3.63) is 58.6 Å². The Bertz CT molecular complexity index is 914. The molecule has 0 aliphatic rings. The molecule has 0 bridgehead atoms. The van der Waals surface area contributed by atoms with E-state index >= 15 is 0 Å². The van der Waals surface area contributed by atoms with Gasteiger partial charge < -0.3 is 5.32 Å². The van der Waals surface area contributed by atoms with Crippen LogP contribution in [-0.4, -0.2) is 20.6 Å². The van der Waals surface area contributed by atoms with Gasteiger partial charge in [-0.1, -0.05) is 23.7 Å². The molecule has 0 radical (unpaired) electrons. The first-order valence-electron chi connectivity index (χ1n) is 6.72. The highest BCUT2D eigenvalue weighted by Crippen LogP contribution is 2.35. The number of anilines is 2. The number of alkyl halides is 3. The Morgan fingerprint density at radius 3 is 2.32 bits per heavy atom. The average Bonchev–Trinajstić information content (AvgIpc) is 2.44. The minimum Gasteiger partial charge on any atom is -0.321 e. The van der Waals surface area contributed by atoms with Crippen molar-refractivity contribution in [3.63, 3.8) is 0 Å². The van der Waals surface area contributed by atoms with E-state index in [1.807, 2.05) is 0 Å². The lowest BCUT2D eigenvalue weighted by Gasteiger charge is -2.14. The number of nitrogens with one attached hydrogen (secondary N) is 2. The quantitative estimate of drug-likeness (QED) is 0.826. The second-order valence-corrected chi connectivity index (χ2v) is 7.22. The molecule has 2 aromatic rings. The van der Waals surface area contributed by atoms with E-state index < -0.39 is 33.4 Å². The Kier molecular flexibility index (Phi) is 5.28. The topological polar surface area (TPSA) is 75.3 Å². The third-order valence-corrected chi connectivity index (χ3v) is 3.92. The van der Waals surface area contributed by atoms with Crippen LogP contribution in [0.1, 0.15) is 15.9 Å². The van der Waals surface area contributed by atoms with Gasteiger partial charge in [-0.2, -0.15) is 13.2 Å². The first kappa shape index (κ1) is 19.1. The van der Waals surface area contributed by atoms with Crippen LogP contribution < -0.4 is 10.0 Å². The van der Waals surface area contributed by atoms with Crippen LogP contribution in [0, 0.1) is 0 Å². The fourth-order valence-corrected chi connectivity index (χ4v) is 2.83. The molecule has 0 heterocycles. The van der Waals surface area contributed by atoms with E-state index in [1.165, 1.54) is 30.3 Å². The summed E-state index contributed by atoms with van der Waals surface area (Å²) in [5.41, 5.74) is -1.37. The fraction of sp³-hybridized carbons (Fsp3) is 0.133. The molecule has 0 aliphatic carbocycles. The molecule has 0 aliphatic heterocycles. The van der Waals surface area contributed by atoms with Gasteiger partial charge in [-0.25, -0.2) is 8.42 Å². The number of benzene rings is 2. The summed E-state index contributed by atoms with van der Waals surface area (Å²) in [5.74, 6) is -0.854. The van der Waals surface area contributed by atoms with Gasteiger partial charge in [0.25, 0.3) is 5.91 Å². The maximum Gasteiger partial charge on any atom is 0.418 e. The van der Waals surface area contributed by atoms with Gasteiger partial charge in [0.2, 0.25) is 10.0 Å². The highest BCUT2D eigenvalue weighted by Gasteiger charge is 2.33. The van der Waals surface area contributed by atoms with Crippen LogP contribution in [0.25, 0.3) is 0 Å². The van der Waals surface area contributed by atoms with Crippen molar-refractivity contribution in [1.82, 2.24) is 0 Å². The van der Waals surface area contributed by atoms with Gasteiger partial charge in [0.05, 0.1) is 28.1 Å². The Balaban J connectivity index is 2.28. The number of hydrogen-bond acceptors (Lipinski definition) is 3. The second kappa shape index (κ2) is 6.93. The fourth-order valence-electron chi connectivity index (χ4n) is 2.01. The van der Waals surface area contributed by atoms with E-state index in [4.69, 9.17) is 11.6 Å². The van der Waals surface area contributed by atoms with Gasteiger partial charge in [0, 0.05) is 5.69 Å². The van der Waals surface area contributed by atoms with Gasteiger partial charge in [0.15, 0.2) is 0 Å². The Morgan fingerprint density at radius 2 is 1.76 bits per heavy atom. The van der Waals surface area contributed by atoms with Crippen molar-refractivity contribution in [2.75, 3.05) is 16.3 Å². The normalized spacial score (nSPS) is 11.9. The number of rotatable bonds is 4. The van der Waals surface area contributed by atoms with E-state index in [0.717, 1.165) is 18.4 Å². The van der Waals surface area contributed by atoms with E-state index in [2.05, 4.69) is 10.0 Å². The molecule has 1 amide bonds. The third-order valence-electron chi connectivity index (χ3n) is 3.00. The molecule has 0 unspecified atom stereocenters. The summed E-state index contributed by atoms with van der Waals surface area (Å²) in [6.45, 7) is 0. The number of para-hydroxylation sites is 1. The summed E-state index contributed by atoms with van der Waals surface area (Å²) >= 11 is 5.93. The number of hydrogen-bond donors (Lipinski definition) is 2. The lowest BCUT2D eigenvalue weighted by atomic mass is 10.1. The van der Waals surface area contributed by atoms with Gasteiger partial charge in [-0.05, 0) is 30.3 Å². The molecule has 2 N–H and O–H groups in total. The maximum atomic E-state index is 12.9. The molecular formula is C15H12ClF3N2O3S. The van der Waals surface area contributed by atoms with Crippen LogP contribution in [0.4, 0.5) is 24.5 Å². The first-order valence-corrected chi connectivity index (χ1v) is 8.99. The molecule has 10 heteroatoms. The van der Waals surface area contributed by atoms with Gasteiger partial charge in [-0.3, -0.25) is 9.52 Å². The van der Waals surface area contributed by atoms with Crippen LogP contribution in [0.5, 0.6) is 0 Å². The molecule has 134 valence electrons. The summed E-state index contributed by atoms with van der Waals surface area (Å²) in [7, 11) is -3.53. The van der Waals surface area contributed by atoms with Crippen molar-refractivity contribution in [3.8, 4) is 0 Å². The number of carbonyl (C=O) groups is 1. The number of halogens is 4. The smallest absolute Gasteiger partial charge is 0.321 e. The summed E-state index contributed by atoms with van der Waals surface area (Å²) in [4.78, 5) is 12.2. The predicted octanol–water partition coefficient (Wildman–Crippen LogP) is 3.98. The van der Waals surface area contributed by atoms with Crippen molar-refractivity contribution >= 4 is 38.9 Å². The number of sulfonamides is 1. The van der Waals surface area contributed by atoms with Crippen molar-refractivity contribution in [1.29, 1.82) is 0 Å². The van der Waals surface area contributed by atoms with Crippen molar-refractivity contribution in [2.45, 2.75) is 6.18 Å². The molecule has 0 atom stereocenters. The third kappa shape index (κ3) is 5.10. The van der Waals surface area contributed by atoms with Crippen molar-refractivity contribution < 1.29 is 26.4 Å². The summed E-state index contributed by atoms with van der Waals surface area (Å²) in [5, 5.41) is 2.04. The predicted molar refractivity (Wildman–Crippen MR) is 89.3 cm³/mol. The summed E-state index contributed by atoms with van der Waals surface area (Å²) < 4.78 is 63.3. The Morgan fingerprint density at radius 1 is 1.12 bits per heavy atom. The number of carbonyl (C=O) groups excluding carboxylic acids is 1. The molecule has 5 nitrogen and oxygen atoms in total. The molecule has 2 rings (SSSR count). The van der Waals surface area contributed by atoms with E-state index in [-0.39, 0.29) is 16.3 Å². The lowest BCUT2D eigenvalue weighted by molar-refractivity contribution is -0.136. The SMILES string of the molecule is CS(=O)(=O)Nc1ccc(C(=O)Nc2ccccc2C(F)(F)F)c(Cl)c1. The van der Waals surface area contributed by atoms with Crippen LogP contribution in [0.2, 0.25) is 5.02 Å². The monoisotopic (exact) mass is 392 g/mol. The van der Waals surface area contributed by atoms with E-state index in [0.29, 0.717) is 0 Å². The van der Waals surface area contributed by atoms with Crippen LogP contribution in [-0.2, 0) is 16.2 Å². The summed E-state index contributed by atoms with van der Waals surface area (Å²) in [6.07, 6.45) is -3.69. The minimum atomic E-state index is -4.63. The minimum absolute atomic E-state index is 0.0994. The van der Waals surface area contributed by atoms with Gasteiger partial charge in [0.1, 0.15) is 0 Å². The second-order valence-electron chi connectivity index (χ2n) is 5.07. The zero-order chi connectivity index (χ0) is 18.8. The standard InChI is InChI=1S/C15H12ClF3N2O3S/c1-25(23,24)21-9-6-7-10(12(16)8-9)14(22)20-13-5-3-2-4-11(13)15(17,18)19/h2-8,21H,1H3,(H,20,22). The molecule has 25 heavy (non-hydrogen) atoms. The Hall–Kier alpha value is -2.26. The average molecular weight is 393 g/mol. The van der Waals surface area contributed by atoms with Gasteiger partial charge in [-0.15, -0.1) is 0 Å².